The predicted molar refractivity (Wildman–Crippen MR) is 319 cm³/mol. The minimum absolute atomic E-state index is 0.288. The van der Waals surface area contributed by atoms with Gasteiger partial charge in [0.15, 0.2) is 0 Å². The summed E-state index contributed by atoms with van der Waals surface area (Å²) in [5.41, 5.74) is 0. The molecule has 1 fully saturated rings. The quantitative estimate of drug-likeness (QED) is 0.0345. The van der Waals surface area contributed by atoms with Crippen LogP contribution in [-0.2, 0) is 0 Å². The van der Waals surface area contributed by atoms with Crippen LogP contribution in [-0.4, -0.2) is 165 Å². The highest BCUT2D eigenvalue weighted by Gasteiger charge is 2.28. The first kappa shape index (κ1) is 69.1. The molecule has 0 saturated carbocycles. The van der Waals surface area contributed by atoms with Gasteiger partial charge in [-0.1, -0.05) is 225 Å². The first-order valence-electron chi connectivity index (χ1n) is 30.3. The minimum atomic E-state index is -0.288. The Balaban J connectivity index is 2.32. The van der Waals surface area contributed by atoms with Gasteiger partial charge < -0.3 is 20.4 Å². The SMILES string of the molecule is CCCCCCCCC(O)CN(CCCCSSCCN1CC(C)N(CCSSCCCCN(CC(O)CCCCCCCC)CC(O)CCCCCCCC)CC1C)CC(O)CCCCCCCC. The van der Waals surface area contributed by atoms with Gasteiger partial charge in [-0.2, -0.15) is 0 Å². The lowest BCUT2D eigenvalue weighted by atomic mass is 10.1. The highest BCUT2D eigenvalue weighted by Crippen LogP contribution is 2.26. The Bertz CT molecular complexity index is 949. The van der Waals surface area contributed by atoms with Crippen LogP contribution in [0.2, 0.25) is 0 Å². The monoisotopic (exact) mass is 1060 g/mol. The molecule has 0 aromatic rings. The summed E-state index contributed by atoms with van der Waals surface area (Å²) in [6.45, 7) is 23.3. The molecule has 6 atom stereocenters. The fourth-order valence-electron chi connectivity index (χ4n) is 10.1. The van der Waals surface area contributed by atoms with Crippen LogP contribution in [0.3, 0.4) is 0 Å². The van der Waals surface area contributed by atoms with Gasteiger partial charge in [0.1, 0.15) is 0 Å². The van der Waals surface area contributed by atoms with Gasteiger partial charge in [-0.3, -0.25) is 19.6 Å². The van der Waals surface area contributed by atoms with Crippen LogP contribution in [0.25, 0.3) is 0 Å². The van der Waals surface area contributed by atoms with E-state index in [9.17, 15) is 20.4 Å². The van der Waals surface area contributed by atoms with E-state index in [4.69, 9.17) is 0 Å². The molecule has 0 spiro atoms. The number of aliphatic hydroxyl groups is 4. The number of rotatable bonds is 54. The van der Waals surface area contributed by atoms with Crippen LogP contribution in [0, 0.1) is 0 Å². The largest absolute Gasteiger partial charge is 0.392 e. The highest BCUT2D eigenvalue weighted by molar-refractivity contribution is 8.77. The van der Waals surface area contributed by atoms with Gasteiger partial charge in [-0.25, -0.2) is 0 Å². The van der Waals surface area contributed by atoms with Gasteiger partial charge in [0, 0.05) is 87.5 Å². The zero-order chi connectivity index (χ0) is 51.1. The molecule has 8 nitrogen and oxygen atoms in total. The third-order valence-corrected chi connectivity index (χ3v) is 19.6. The number of hydrogen-bond acceptors (Lipinski definition) is 12. The van der Waals surface area contributed by atoms with Crippen LogP contribution in [0.15, 0.2) is 0 Å². The van der Waals surface area contributed by atoms with Gasteiger partial charge in [-0.15, -0.1) is 0 Å². The molecule has 6 unspecified atom stereocenters. The van der Waals surface area contributed by atoms with Gasteiger partial charge >= 0.3 is 0 Å². The third kappa shape index (κ3) is 42.2. The van der Waals surface area contributed by atoms with E-state index < -0.39 is 0 Å². The van der Waals surface area contributed by atoms with Crippen LogP contribution < -0.4 is 0 Å². The summed E-state index contributed by atoms with van der Waals surface area (Å²) in [6, 6.07) is 1.18. The second-order valence-electron chi connectivity index (χ2n) is 21.8. The topological polar surface area (TPSA) is 93.9 Å². The lowest BCUT2D eigenvalue weighted by Crippen LogP contribution is -2.57. The summed E-state index contributed by atoms with van der Waals surface area (Å²) in [4.78, 5) is 10.2. The molecule has 70 heavy (non-hydrogen) atoms. The van der Waals surface area contributed by atoms with Crippen molar-refractivity contribution in [2.75, 3.05) is 88.5 Å². The molecule has 4 N–H and O–H groups in total. The van der Waals surface area contributed by atoms with Crippen molar-refractivity contribution in [3.8, 4) is 0 Å². The Kier molecular flexibility index (Phi) is 50.2. The van der Waals surface area contributed by atoms with E-state index in [0.717, 1.165) is 103 Å². The van der Waals surface area contributed by atoms with Crippen molar-refractivity contribution in [2.24, 2.45) is 0 Å². The van der Waals surface area contributed by atoms with Crippen LogP contribution in [0.4, 0.5) is 0 Å². The van der Waals surface area contributed by atoms with Gasteiger partial charge in [0.25, 0.3) is 0 Å². The molecule has 0 bridgehead atoms. The molecular formula is C58H120N4O4S4. The maximum Gasteiger partial charge on any atom is 0.0667 e. The van der Waals surface area contributed by atoms with Gasteiger partial charge in [0.05, 0.1) is 24.4 Å². The zero-order valence-electron chi connectivity index (χ0n) is 47.2. The molecule has 1 saturated heterocycles. The summed E-state index contributed by atoms with van der Waals surface area (Å²) in [5, 5.41) is 43.7. The smallest absolute Gasteiger partial charge is 0.0667 e. The molecule has 0 aliphatic carbocycles. The number of nitrogens with zero attached hydrogens (tertiary/aromatic N) is 4. The highest BCUT2D eigenvalue weighted by atomic mass is 33.1. The van der Waals surface area contributed by atoms with Crippen molar-refractivity contribution in [3.63, 3.8) is 0 Å². The molecule has 0 aromatic heterocycles. The Morgan fingerprint density at radius 3 is 0.900 bits per heavy atom. The molecule has 12 heteroatoms. The zero-order valence-corrected chi connectivity index (χ0v) is 50.5. The summed E-state index contributed by atoms with van der Waals surface area (Å²) >= 11 is 0. The summed E-state index contributed by atoms with van der Waals surface area (Å²) in [6.07, 6.45) is 37.2. The lowest BCUT2D eigenvalue weighted by molar-refractivity contribution is 0.0516. The normalized spacial score (nSPS) is 17.8. The fourth-order valence-corrected chi connectivity index (χ4v) is 14.4. The second kappa shape index (κ2) is 50.9. The van der Waals surface area contributed by atoms with E-state index in [2.05, 4.69) is 61.1 Å². The Hall–Kier alpha value is 1.08. The first-order valence-corrected chi connectivity index (χ1v) is 35.2. The summed E-state index contributed by atoms with van der Waals surface area (Å²) < 4.78 is 0. The second-order valence-corrected chi connectivity index (χ2v) is 27.2. The molecule has 1 rings (SSSR count). The summed E-state index contributed by atoms with van der Waals surface area (Å²) in [5.74, 6) is 4.68. The molecule has 0 amide bonds. The average Bonchev–Trinajstić information content (AvgIpc) is 3.33. The Labute approximate surface area is 452 Å². The molecule has 1 aliphatic rings. The van der Waals surface area contributed by atoms with Crippen LogP contribution >= 0.6 is 43.2 Å². The van der Waals surface area contributed by atoms with Crippen molar-refractivity contribution in [2.45, 2.75) is 284 Å². The van der Waals surface area contributed by atoms with E-state index in [1.165, 1.54) is 164 Å². The van der Waals surface area contributed by atoms with Crippen LogP contribution in [0.5, 0.6) is 0 Å². The van der Waals surface area contributed by atoms with E-state index in [1.807, 2.05) is 43.2 Å². The molecule has 420 valence electrons. The van der Waals surface area contributed by atoms with E-state index >= 15 is 0 Å². The Morgan fingerprint density at radius 2 is 0.614 bits per heavy atom. The number of hydrogen-bond donors (Lipinski definition) is 4. The molecule has 1 aliphatic heterocycles. The van der Waals surface area contributed by atoms with E-state index in [0.29, 0.717) is 38.3 Å². The molecular weight excluding hydrogens is 945 g/mol. The Morgan fingerprint density at radius 1 is 0.357 bits per heavy atom. The number of unbranched alkanes of at least 4 members (excludes halogenated alkanes) is 22. The summed E-state index contributed by atoms with van der Waals surface area (Å²) in [7, 11) is 8.15. The molecule has 0 radical (unpaired) electrons. The van der Waals surface area contributed by atoms with Crippen molar-refractivity contribution in [1.29, 1.82) is 0 Å². The van der Waals surface area contributed by atoms with Crippen molar-refractivity contribution in [3.05, 3.63) is 0 Å². The van der Waals surface area contributed by atoms with Crippen molar-refractivity contribution in [1.82, 2.24) is 19.6 Å². The number of piperazine rings is 1. The van der Waals surface area contributed by atoms with Gasteiger partial charge in [-0.05, 0) is 78.3 Å². The molecule has 1 heterocycles. The molecule has 0 aromatic carbocycles. The van der Waals surface area contributed by atoms with E-state index in [1.54, 1.807) is 0 Å². The third-order valence-electron chi connectivity index (χ3n) is 14.7. The van der Waals surface area contributed by atoms with Crippen molar-refractivity contribution < 1.29 is 20.4 Å². The lowest BCUT2D eigenvalue weighted by Gasteiger charge is -2.44. The first-order chi connectivity index (χ1) is 34.1. The van der Waals surface area contributed by atoms with Crippen molar-refractivity contribution >= 4 is 43.2 Å². The minimum Gasteiger partial charge on any atom is -0.392 e. The standard InChI is InChI=1S/C58H120N4O4S4/c1-7-11-15-19-23-27-35-55(63)49-59(50-56(64)36-28-24-20-16-12-8-2)39-31-33-43-67-69-45-41-61-47-54(6)62(48-53(61)5)42-46-70-68-44-34-32-40-60(51-57(65)37-29-25-21-17-13-9-3)52-58(66)38-30-26-22-18-14-10-4/h53-58,63-66H,7-52H2,1-6H3. The maximum atomic E-state index is 10.9. The average molecular weight is 1070 g/mol. The maximum absolute atomic E-state index is 10.9. The fraction of sp³-hybridized carbons (Fsp3) is 1.00. The van der Waals surface area contributed by atoms with Gasteiger partial charge in [0.2, 0.25) is 0 Å². The van der Waals surface area contributed by atoms with Crippen LogP contribution in [0.1, 0.15) is 247 Å². The predicted octanol–water partition coefficient (Wildman–Crippen LogP) is 14.8. The van der Waals surface area contributed by atoms with E-state index in [-0.39, 0.29) is 24.4 Å². The number of aliphatic hydroxyl groups excluding tert-OH is 4.